The monoisotopic (exact) mass is 678 g/mol. The summed E-state index contributed by atoms with van der Waals surface area (Å²) >= 11 is 0. The van der Waals surface area contributed by atoms with Crippen LogP contribution >= 0.6 is 7.82 Å². The van der Waals surface area contributed by atoms with Gasteiger partial charge in [0.15, 0.2) is 0 Å². The predicted octanol–water partition coefficient (Wildman–Crippen LogP) is 8.50. The maximum absolute atomic E-state index is 12.1. The van der Waals surface area contributed by atoms with Crippen LogP contribution in [0.3, 0.4) is 0 Å². The van der Waals surface area contributed by atoms with Crippen molar-refractivity contribution in [3.05, 3.63) is 12.2 Å². The molecule has 3 unspecified atom stereocenters. The zero-order chi connectivity index (χ0) is 34.1. The zero-order valence-electron chi connectivity index (χ0n) is 29.0. The topological polar surface area (TPSA) is 149 Å². The van der Waals surface area contributed by atoms with Crippen LogP contribution in [-0.4, -0.2) is 65.7 Å². The number of hydrogen-bond donors (Lipinski definition) is 3. The Morgan fingerprint density at radius 1 is 0.565 bits per heavy atom. The summed E-state index contributed by atoms with van der Waals surface area (Å²) in [6.07, 6.45) is 27.7. The Morgan fingerprint density at radius 3 is 1.30 bits per heavy atom. The first-order valence-electron chi connectivity index (χ1n) is 18.1. The number of carbonyl (C=O) groups is 2. The molecule has 0 rings (SSSR count). The van der Waals surface area contributed by atoms with Crippen LogP contribution in [-0.2, 0) is 32.7 Å². The van der Waals surface area contributed by atoms with Crippen molar-refractivity contribution in [2.24, 2.45) is 0 Å². The molecule has 0 amide bonds. The quantitative estimate of drug-likeness (QED) is 0.0262. The highest BCUT2D eigenvalue weighted by Gasteiger charge is 2.27. The molecule has 0 heterocycles. The number of allylic oxidation sites excluding steroid dienone is 2. The number of phosphoric ester groups is 1. The molecule has 0 spiro atoms. The summed E-state index contributed by atoms with van der Waals surface area (Å²) in [5.41, 5.74) is 0. The van der Waals surface area contributed by atoms with Crippen LogP contribution in [0.5, 0.6) is 0 Å². The van der Waals surface area contributed by atoms with E-state index >= 15 is 0 Å². The smallest absolute Gasteiger partial charge is 0.457 e. The summed E-state index contributed by atoms with van der Waals surface area (Å²) < 4.78 is 31.9. The normalized spacial score (nSPS) is 14.3. The lowest BCUT2D eigenvalue weighted by molar-refractivity contribution is -0.153. The molecule has 0 saturated heterocycles. The van der Waals surface area contributed by atoms with E-state index < -0.39 is 58.4 Å². The standard InChI is InChI=1S/C35H67O10P/c1-3-5-7-8-9-10-11-12-13-14-15-16-17-18-19-20-21-22-23-24-25-27-35(39)45-33(29-37)31-43-46(40,41)42-30-32(28-36)44-34(38)26-6-4-2/h14-15,32-33,36-37H,3-13,16-31H2,1-2H3,(H,40,41)/b15-14-. The Labute approximate surface area is 279 Å². The lowest BCUT2D eigenvalue weighted by Gasteiger charge is -2.20. The molecule has 0 fully saturated rings. The molecule has 0 aliphatic heterocycles. The molecule has 0 aromatic heterocycles. The van der Waals surface area contributed by atoms with Gasteiger partial charge < -0.3 is 24.6 Å². The van der Waals surface area contributed by atoms with Gasteiger partial charge in [-0.2, -0.15) is 0 Å². The van der Waals surface area contributed by atoms with Crippen LogP contribution in [0.2, 0.25) is 0 Å². The van der Waals surface area contributed by atoms with E-state index in [4.69, 9.17) is 18.5 Å². The fourth-order valence-electron chi connectivity index (χ4n) is 4.85. The number of esters is 2. The molecule has 10 nitrogen and oxygen atoms in total. The van der Waals surface area contributed by atoms with Crippen LogP contribution in [0.4, 0.5) is 0 Å². The third-order valence-corrected chi connectivity index (χ3v) is 8.68. The molecule has 11 heteroatoms. The fraction of sp³-hybridized carbons (Fsp3) is 0.886. The number of aliphatic hydroxyl groups excluding tert-OH is 2. The van der Waals surface area contributed by atoms with E-state index in [0.717, 1.165) is 25.7 Å². The van der Waals surface area contributed by atoms with E-state index in [1.807, 2.05) is 6.92 Å². The van der Waals surface area contributed by atoms with Crippen molar-refractivity contribution in [3.8, 4) is 0 Å². The summed E-state index contributed by atoms with van der Waals surface area (Å²) in [6.45, 7) is 1.90. The van der Waals surface area contributed by atoms with Crippen LogP contribution in [0, 0.1) is 0 Å². The van der Waals surface area contributed by atoms with Crippen molar-refractivity contribution in [1.29, 1.82) is 0 Å². The first-order valence-corrected chi connectivity index (χ1v) is 19.6. The van der Waals surface area contributed by atoms with Gasteiger partial charge in [-0.25, -0.2) is 4.57 Å². The maximum atomic E-state index is 12.1. The fourth-order valence-corrected chi connectivity index (χ4v) is 5.64. The van der Waals surface area contributed by atoms with Crippen molar-refractivity contribution >= 4 is 19.8 Å². The summed E-state index contributed by atoms with van der Waals surface area (Å²) in [5.74, 6) is -1.05. The first kappa shape index (κ1) is 44.7. The molecule has 3 N–H and O–H groups in total. The molecule has 0 aliphatic carbocycles. The summed E-state index contributed by atoms with van der Waals surface area (Å²) in [4.78, 5) is 33.7. The molecule has 0 aromatic carbocycles. The van der Waals surface area contributed by atoms with Gasteiger partial charge in [0.1, 0.15) is 12.2 Å². The summed E-state index contributed by atoms with van der Waals surface area (Å²) in [6, 6.07) is 0. The molecule has 0 radical (unpaired) electrons. The van der Waals surface area contributed by atoms with Crippen molar-refractivity contribution in [1.82, 2.24) is 0 Å². The van der Waals surface area contributed by atoms with Crippen molar-refractivity contribution < 1.29 is 47.8 Å². The van der Waals surface area contributed by atoms with E-state index in [-0.39, 0.29) is 12.8 Å². The second kappa shape index (κ2) is 32.3. The SMILES string of the molecule is CCCCCCCCCC/C=C\CCCCCCCCCCCC(=O)OC(CO)COP(=O)(O)OCC(CO)OC(=O)CCCC. The summed E-state index contributed by atoms with van der Waals surface area (Å²) in [7, 11) is -4.60. The van der Waals surface area contributed by atoms with Gasteiger partial charge in [-0.3, -0.25) is 18.6 Å². The predicted molar refractivity (Wildman–Crippen MR) is 182 cm³/mol. The third kappa shape index (κ3) is 30.1. The molecule has 0 bridgehead atoms. The molecule has 3 atom stereocenters. The number of unbranched alkanes of at least 4 members (excludes halogenated alkanes) is 18. The molecule has 0 saturated carbocycles. The number of ether oxygens (including phenoxy) is 2. The highest BCUT2D eigenvalue weighted by Crippen LogP contribution is 2.43. The van der Waals surface area contributed by atoms with Crippen LogP contribution in [0.1, 0.15) is 162 Å². The molecule has 46 heavy (non-hydrogen) atoms. The molecule has 272 valence electrons. The molecular weight excluding hydrogens is 611 g/mol. The van der Waals surface area contributed by atoms with Gasteiger partial charge in [0.05, 0.1) is 26.4 Å². The van der Waals surface area contributed by atoms with Gasteiger partial charge in [-0.05, 0) is 38.5 Å². The molecule has 0 aromatic rings. The highest BCUT2D eigenvalue weighted by molar-refractivity contribution is 7.47. The third-order valence-electron chi connectivity index (χ3n) is 7.73. The van der Waals surface area contributed by atoms with Crippen molar-refractivity contribution in [3.63, 3.8) is 0 Å². The average molecular weight is 679 g/mol. The Morgan fingerprint density at radius 2 is 0.913 bits per heavy atom. The second-order valence-corrected chi connectivity index (χ2v) is 13.7. The lowest BCUT2D eigenvalue weighted by Crippen LogP contribution is -2.28. The number of hydrogen-bond acceptors (Lipinski definition) is 9. The second-order valence-electron chi connectivity index (χ2n) is 12.2. The average Bonchev–Trinajstić information content (AvgIpc) is 3.04. The number of phosphoric acid groups is 1. The van der Waals surface area contributed by atoms with Gasteiger partial charge in [0.2, 0.25) is 0 Å². The minimum absolute atomic E-state index is 0.168. The van der Waals surface area contributed by atoms with Crippen LogP contribution in [0.15, 0.2) is 12.2 Å². The number of aliphatic hydroxyl groups is 2. The zero-order valence-corrected chi connectivity index (χ0v) is 29.9. The van der Waals surface area contributed by atoms with Crippen LogP contribution < -0.4 is 0 Å². The number of rotatable bonds is 34. The van der Waals surface area contributed by atoms with Gasteiger partial charge in [-0.1, -0.05) is 122 Å². The van der Waals surface area contributed by atoms with E-state index in [9.17, 15) is 29.3 Å². The van der Waals surface area contributed by atoms with E-state index in [2.05, 4.69) is 19.1 Å². The Balaban J connectivity index is 3.77. The minimum Gasteiger partial charge on any atom is -0.457 e. The Hall–Kier alpha value is -1.29. The van der Waals surface area contributed by atoms with Gasteiger partial charge >= 0.3 is 19.8 Å². The maximum Gasteiger partial charge on any atom is 0.472 e. The van der Waals surface area contributed by atoms with Gasteiger partial charge in [-0.15, -0.1) is 0 Å². The van der Waals surface area contributed by atoms with Gasteiger partial charge in [0.25, 0.3) is 0 Å². The number of carbonyl (C=O) groups excluding carboxylic acids is 2. The Bertz CT molecular complexity index is 791. The van der Waals surface area contributed by atoms with E-state index in [1.54, 1.807) is 0 Å². The van der Waals surface area contributed by atoms with Gasteiger partial charge in [0, 0.05) is 12.8 Å². The summed E-state index contributed by atoms with van der Waals surface area (Å²) in [5, 5.41) is 18.8. The first-order chi connectivity index (χ1) is 22.3. The largest absolute Gasteiger partial charge is 0.472 e. The minimum atomic E-state index is -4.60. The van der Waals surface area contributed by atoms with Crippen molar-refractivity contribution in [2.45, 2.75) is 174 Å². The molecule has 0 aliphatic rings. The van der Waals surface area contributed by atoms with E-state index in [0.29, 0.717) is 12.8 Å². The highest BCUT2D eigenvalue weighted by atomic mass is 31.2. The van der Waals surface area contributed by atoms with E-state index in [1.165, 1.54) is 96.3 Å². The molecular formula is C35H67O10P. The lowest BCUT2D eigenvalue weighted by atomic mass is 10.1. The van der Waals surface area contributed by atoms with Crippen molar-refractivity contribution in [2.75, 3.05) is 26.4 Å². The van der Waals surface area contributed by atoms with Crippen LogP contribution in [0.25, 0.3) is 0 Å². The Kier molecular flexibility index (Phi) is 31.4.